The molecule has 0 atom stereocenters. The molecule has 3 nitrogen and oxygen atoms in total. The van der Waals surface area contributed by atoms with E-state index in [4.69, 9.17) is 4.74 Å². The molecule has 110 valence electrons. The van der Waals surface area contributed by atoms with E-state index in [0.29, 0.717) is 23.6 Å². The van der Waals surface area contributed by atoms with Crippen LogP contribution in [0.25, 0.3) is 0 Å². The summed E-state index contributed by atoms with van der Waals surface area (Å²) in [6.07, 6.45) is 0.917. The lowest BCUT2D eigenvalue weighted by Crippen LogP contribution is -2.13. The van der Waals surface area contributed by atoms with Crippen LogP contribution in [-0.2, 0) is 0 Å². The SMILES string of the molecule is CCCOc1ccccc1NC(=O)c1ccc(Br)cc1Br. The maximum atomic E-state index is 12.4. The largest absolute Gasteiger partial charge is 0.491 e. The fourth-order valence-electron chi connectivity index (χ4n) is 1.77. The highest BCUT2D eigenvalue weighted by Gasteiger charge is 2.12. The summed E-state index contributed by atoms with van der Waals surface area (Å²) < 4.78 is 7.29. The number of halogens is 2. The van der Waals surface area contributed by atoms with Crippen molar-refractivity contribution in [1.29, 1.82) is 0 Å². The third-order valence-corrected chi connectivity index (χ3v) is 3.92. The normalized spacial score (nSPS) is 10.2. The second kappa shape index (κ2) is 7.61. The van der Waals surface area contributed by atoms with E-state index in [1.165, 1.54) is 0 Å². The van der Waals surface area contributed by atoms with Crippen LogP contribution in [0.2, 0.25) is 0 Å². The lowest BCUT2D eigenvalue weighted by Gasteiger charge is -2.12. The van der Waals surface area contributed by atoms with Crippen LogP contribution in [0.15, 0.2) is 51.4 Å². The van der Waals surface area contributed by atoms with Gasteiger partial charge in [-0.25, -0.2) is 0 Å². The van der Waals surface area contributed by atoms with Crippen molar-refractivity contribution in [2.45, 2.75) is 13.3 Å². The Labute approximate surface area is 141 Å². The highest BCUT2D eigenvalue weighted by atomic mass is 79.9. The van der Waals surface area contributed by atoms with E-state index in [9.17, 15) is 4.79 Å². The minimum atomic E-state index is -0.179. The number of carbonyl (C=O) groups excluding carboxylic acids is 1. The quantitative estimate of drug-likeness (QED) is 0.727. The fourth-order valence-corrected chi connectivity index (χ4v) is 3.00. The van der Waals surface area contributed by atoms with E-state index in [-0.39, 0.29) is 5.91 Å². The van der Waals surface area contributed by atoms with Crippen molar-refractivity contribution in [2.24, 2.45) is 0 Å². The number of rotatable bonds is 5. The molecule has 0 saturated heterocycles. The van der Waals surface area contributed by atoms with Crippen molar-refractivity contribution < 1.29 is 9.53 Å². The Morgan fingerprint density at radius 2 is 1.95 bits per heavy atom. The number of para-hydroxylation sites is 2. The molecule has 0 aliphatic heterocycles. The van der Waals surface area contributed by atoms with E-state index in [0.717, 1.165) is 15.4 Å². The van der Waals surface area contributed by atoms with Crippen molar-refractivity contribution >= 4 is 43.5 Å². The molecule has 1 N–H and O–H groups in total. The molecule has 0 spiro atoms. The van der Waals surface area contributed by atoms with Crippen LogP contribution in [0, 0.1) is 0 Å². The zero-order valence-electron chi connectivity index (χ0n) is 11.5. The molecule has 0 saturated carbocycles. The molecular formula is C16H15Br2NO2. The lowest BCUT2D eigenvalue weighted by atomic mass is 10.2. The predicted molar refractivity (Wildman–Crippen MR) is 92.0 cm³/mol. The lowest BCUT2D eigenvalue weighted by molar-refractivity contribution is 0.102. The van der Waals surface area contributed by atoms with Gasteiger partial charge in [0.1, 0.15) is 5.75 Å². The number of benzene rings is 2. The summed E-state index contributed by atoms with van der Waals surface area (Å²) in [6, 6.07) is 12.9. The first-order chi connectivity index (χ1) is 10.1. The molecule has 5 heteroatoms. The van der Waals surface area contributed by atoms with Crippen molar-refractivity contribution in [3.8, 4) is 5.75 Å². The Morgan fingerprint density at radius 1 is 1.19 bits per heavy atom. The maximum Gasteiger partial charge on any atom is 0.256 e. The Hall–Kier alpha value is -1.33. The van der Waals surface area contributed by atoms with E-state index in [1.807, 2.05) is 43.3 Å². The molecular weight excluding hydrogens is 398 g/mol. The van der Waals surface area contributed by atoms with Crippen molar-refractivity contribution in [2.75, 3.05) is 11.9 Å². The Kier molecular flexibility index (Phi) is 5.82. The van der Waals surface area contributed by atoms with Crippen molar-refractivity contribution in [3.05, 3.63) is 57.0 Å². The molecule has 0 aliphatic carbocycles. The molecule has 0 unspecified atom stereocenters. The van der Waals surface area contributed by atoms with Gasteiger partial charge in [-0.15, -0.1) is 0 Å². The first-order valence-electron chi connectivity index (χ1n) is 6.60. The van der Waals surface area contributed by atoms with Gasteiger partial charge in [-0.3, -0.25) is 4.79 Å². The van der Waals surface area contributed by atoms with Crippen LogP contribution in [-0.4, -0.2) is 12.5 Å². The number of hydrogen-bond donors (Lipinski definition) is 1. The fraction of sp³-hybridized carbons (Fsp3) is 0.188. The number of amides is 1. The standard InChI is InChI=1S/C16H15Br2NO2/c1-2-9-21-15-6-4-3-5-14(15)19-16(20)12-8-7-11(17)10-13(12)18/h3-8,10H,2,9H2,1H3,(H,19,20). The van der Waals surface area contributed by atoms with Crippen molar-refractivity contribution in [3.63, 3.8) is 0 Å². The third kappa shape index (κ3) is 4.32. The number of hydrogen-bond acceptors (Lipinski definition) is 2. The molecule has 2 rings (SSSR count). The van der Waals surface area contributed by atoms with Gasteiger partial charge in [-0.05, 0) is 52.7 Å². The molecule has 1 amide bonds. The van der Waals surface area contributed by atoms with E-state index >= 15 is 0 Å². The van der Waals surface area contributed by atoms with Crippen LogP contribution >= 0.6 is 31.9 Å². The summed E-state index contributed by atoms with van der Waals surface area (Å²) in [4.78, 5) is 12.4. The molecule has 0 radical (unpaired) electrons. The van der Waals surface area contributed by atoms with Gasteiger partial charge < -0.3 is 10.1 Å². The van der Waals surface area contributed by atoms with Crippen LogP contribution < -0.4 is 10.1 Å². The highest BCUT2D eigenvalue weighted by molar-refractivity contribution is 9.11. The number of carbonyl (C=O) groups is 1. The summed E-state index contributed by atoms with van der Waals surface area (Å²) >= 11 is 6.77. The predicted octanol–water partition coefficient (Wildman–Crippen LogP) is 5.25. The highest BCUT2D eigenvalue weighted by Crippen LogP contribution is 2.27. The molecule has 0 aliphatic rings. The van der Waals surface area contributed by atoms with Gasteiger partial charge in [0.15, 0.2) is 0 Å². The van der Waals surface area contributed by atoms with Gasteiger partial charge in [-0.1, -0.05) is 35.0 Å². The first-order valence-corrected chi connectivity index (χ1v) is 8.18. The molecule has 0 fully saturated rings. The minimum Gasteiger partial charge on any atom is -0.491 e. The molecule has 2 aromatic carbocycles. The summed E-state index contributed by atoms with van der Waals surface area (Å²) in [6.45, 7) is 2.66. The van der Waals surface area contributed by atoms with Gasteiger partial charge in [0.05, 0.1) is 17.9 Å². The summed E-state index contributed by atoms with van der Waals surface area (Å²) in [7, 11) is 0. The van der Waals surface area contributed by atoms with Crippen LogP contribution in [0.4, 0.5) is 5.69 Å². The van der Waals surface area contributed by atoms with Gasteiger partial charge >= 0.3 is 0 Å². The van der Waals surface area contributed by atoms with Gasteiger partial charge in [0.25, 0.3) is 5.91 Å². The van der Waals surface area contributed by atoms with Crippen LogP contribution in [0.1, 0.15) is 23.7 Å². The zero-order chi connectivity index (χ0) is 15.2. The Bertz CT molecular complexity index is 644. The maximum absolute atomic E-state index is 12.4. The Morgan fingerprint density at radius 3 is 2.67 bits per heavy atom. The average molecular weight is 413 g/mol. The second-order valence-corrected chi connectivity index (χ2v) is 6.19. The van der Waals surface area contributed by atoms with Gasteiger partial charge in [0.2, 0.25) is 0 Å². The number of anilines is 1. The smallest absolute Gasteiger partial charge is 0.256 e. The van der Waals surface area contributed by atoms with E-state index in [2.05, 4.69) is 37.2 Å². The van der Waals surface area contributed by atoms with Crippen LogP contribution in [0.3, 0.4) is 0 Å². The number of ether oxygens (including phenoxy) is 1. The summed E-state index contributed by atoms with van der Waals surface area (Å²) in [5, 5.41) is 2.89. The average Bonchev–Trinajstić information content (AvgIpc) is 2.46. The number of nitrogens with one attached hydrogen (secondary N) is 1. The van der Waals surface area contributed by atoms with Crippen LogP contribution in [0.5, 0.6) is 5.75 Å². The van der Waals surface area contributed by atoms with Gasteiger partial charge in [-0.2, -0.15) is 0 Å². The summed E-state index contributed by atoms with van der Waals surface area (Å²) in [5.41, 5.74) is 1.24. The zero-order valence-corrected chi connectivity index (χ0v) is 14.7. The van der Waals surface area contributed by atoms with Gasteiger partial charge in [0, 0.05) is 8.95 Å². The molecule has 21 heavy (non-hydrogen) atoms. The molecule has 2 aromatic rings. The third-order valence-electron chi connectivity index (χ3n) is 2.77. The molecule has 0 aromatic heterocycles. The minimum absolute atomic E-state index is 0.179. The molecule has 0 bridgehead atoms. The monoisotopic (exact) mass is 411 g/mol. The van der Waals surface area contributed by atoms with Crippen molar-refractivity contribution in [1.82, 2.24) is 0 Å². The second-order valence-electron chi connectivity index (χ2n) is 4.42. The van der Waals surface area contributed by atoms with E-state index < -0.39 is 0 Å². The Balaban J connectivity index is 2.19. The first kappa shape index (κ1) is 16.0. The van der Waals surface area contributed by atoms with E-state index in [1.54, 1.807) is 6.07 Å². The summed E-state index contributed by atoms with van der Waals surface area (Å²) in [5.74, 6) is 0.503. The topological polar surface area (TPSA) is 38.3 Å². The molecule has 0 heterocycles.